The number of nitrogens with zero attached hydrogens (tertiary/aromatic N) is 2. The SMILES string of the molecule is COCc1nc(N)cc(NC(C)(C)CCO)n1. The highest BCUT2D eigenvalue weighted by atomic mass is 16.5. The lowest BCUT2D eigenvalue weighted by Gasteiger charge is -2.26. The molecule has 0 atom stereocenters. The number of aromatic nitrogens is 2. The van der Waals surface area contributed by atoms with Crippen molar-refractivity contribution in [3.05, 3.63) is 11.9 Å². The summed E-state index contributed by atoms with van der Waals surface area (Å²) in [5, 5.41) is 12.2. The van der Waals surface area contributed by atoms with Crippen molar-refractivity contribution in [2.45, 2.75) is 32.4 Å². The molecule has 0 aliphatic rings. The molecule has 0 bridgehead atoms. The van der Waals surface area contributed by atoms with Crippen LogP contribution in [0.15, 0.2) is 6.07 Å². The summed E-state index contributed by atoms with van der Waals surface area (Å²) < 4.78 is 4.97. The van der Waals surface area contributed by atoms with E-state index in [0.717, 1.165) is 0 Å². The van der Waals surface area contributed by atoms with Gasteiger partial charge in [-0.25, -0.2) is 9.97 Å². The molecule has 6 heteroatoms. The number of nitrogen functional groups attached to an aromatic ring is 1. The van der Waals surface area contributed by atoms with E-state index in [2.05, 4.69) is 15.3 Å². The van der Waals surface area contributed by atoms with Gasteiger partial charge in [0.05, 0.1) is 0 Å². The molecule has 1 heterocycles. The third kappa shape index (κ3) is 4.54. The molecule has 0 saturated heterocycles. The number of anilines is 2. The Morgan fingerprint density at radius 2 is 2.18 bits per heavy atom. The average Bonchev–Trinajstić information content (AvgIpc) is 2.15. The van der Waals surface area contributed by atoms with Crippen LogP contribution in [0.3, 0.4) is 0 Å². The largest absolute Gasteiger partial charge is 0.396 e. The zero-order valence-corrected chi connectivity index (χ0v) is 10.5. The number of methoxy groups -OCH3 is 1. The maximum absolute atomic E-state index is 8.96. The van der Waals surface area contributed by atoms with Gasteiger partial charge in [0.25, 0.3) is 0 Å². The fraction of sp³-hybridized carbons (Fsp3) is 0.636. The average molecular weight is 240 g/mol. The molecule has 0 saturated carbocycles. The lowest BCUT2D eigenvalue weighted by molar-refractivity contribution is 0.178. The molecule has 1 aromatic heterocycles. The van der Waals surface area contributed by atoms with E-state index in [1.807, 2.05) is 13.8 Å². The van der Waals surface area contributed by atoms with Crippen LogP contribution in [-0.4, -0.2) is 34.3 Å². The normalized spacial score (nSPS) is 11.5. The zero-order chi connectivity index (χ0) is 12.9. The molecule has 17 heavy (non-hydrogen) atoms. The van der Waals surface area contributed by atoms with Crippen molar-refractivity contribution in [2.24, 2.45) is 0 Å². The molecular weight excluding hydrogens is 220 g/mol. The fourth-order valence-corrected chi connectivity index (χ4v) is 1.46. The molecule has 0 spiro atoms. The maximum Gasteiger partial charge on any atom is 0.158 e. The predicted octanol–water partition coefficient (Wildman–Crippen LogP) is 0.778. The molecule has 1 aromatic rings. The van der Waals surface area contributed by atoms with E-state index in [0.29, 0.717) is 30.5 Å². The maximum atomic E-state index is 8.96. The minimum atomic E-state index is -0.250. The zero-order valence-electron chi connectivity index (χ0n) is 10.5. The Morgan fingerprint density at radius 3 is 2.76 bits per heavy atom. The van der Waals surface area contributed by atoms with Crippen LogP contribution < -0.4 is 11.1 Å². The minimum absolute atomic E-state index is 0.117. The fourth-order valence-electron chi connectivity index (χ4n) is 1.46. The Labute approximate surface area is 101 Å². The van der Waals surface area contributed by atoms with Crippen LogP contribution in [0, 0.1) is 0 Å². The second kappa shape index (κ2) is 5.79. The van der Waals surface area contributed by atoms with Gasteiger partial charge in [0.15, 0.2) is 5.82 Å². The highest BCUT2D eigenvalue weighted by Gasteiger charge is 2.17. The Bertz CT molecular complexity index is 368. The molecule has 6 nitrogen and oxygen atoms in total. The number of nitrogens with one attached hydrogen (secondary N) is 1. The van der Waals surface area contributed by atoms with Gasteiger partial charge in [-0.15, -0.1) is 0 Å². The molecule has 1 rings (SSSR count). The van der Waals surface area contributed by atoms with Gasteiger partial charge in [-0.3, -0.25) is 0 Å². The highest BCUT2D eigenvalue weighted by Crippen LogP contribution is 2.17. The molecule has 0 aromatic carbocycles. The summed E-state index contributed by atoms with van der Waals surface area (Å²) in [6.07, 6.45) is 0.622. The van der Waals surface area contributed by atoms with Crippen molar-refractivity contribution in [2.75, 3.05) is 24.8 Å². The van der Waals surface area contributed by atoms with E-state index in [-0.39, 0.29) is 12.1 Å². The van der Waals surface area contributed by atoms with Crippen molar-refractivity contribution < 1.29 is 9.84 Å². The summed E-state index contributed by atoms with van der Waals surface area (Å²) in [5.74, 6) is 1.58. The molecule has 0 fully saturated rings. The van der Waals surface area contributed by atoms with E-state index < -0.39 is 0 Å². The van der Waals surface area contributed by atoms with E-state index in [1.54, 1.807) is 13.2 Å². The minimum Gasteiger partial charge on any atom is -0.396 e. The molecule has 0 aliphatic heterocycles. The van der Waals surface area contributed by atoms with Crippen LogP contribution >= 0.6 is 0 Å². The first-order chi connectivity index (χ1) is 7.96. The number of ether oxygens (including phenoxy) is 1. The smallest absolute Gasteiger partial charge is 0.158 e. The van der Waals surface area contributed by atoms with E-state index in [9.17, 15) is 0 Å². The standard InChI is InChI=1S/C11H20N4O2/c1-11(2,4-5-16)15-9-6-8(12)13-10(14-9)7-17-3/h6,16H,4-5,7H2,1-3H3,(H3,12,13,14,15). The first-order valence-corrected chi connectivity index (χ1v) is 5.48. The van der Waals surface area contributed by atoms with E-state index >= 15 is 0 Å². The summed E-state index contributed by atoms with van der Waals surface area (Å²) in [7, 11) is 1.58. The lowest BCUT2D eigenvalue weighted by Crippen LogP contribution is -2.32. The van der Waals surface area contributed by atoms with Gasteiger partial charge in [0, 0.05) is 25.3 Å². The topological polar surface area (TPSA) is 93.3 Å². The molecular formula is C11H20N4O2. The van der Waals surface area contributed by atoms with Gasteiger partial charge in [-0.1, -0.05) is 0 Å². The summed E-state index contributed by atoms with van der Waals surface area (Å²) in [6.45, 7) is 4.40. The van der Waals surface area contributed by atoms with Crippen LogP contribution in [0.1, 0.15) is 26.1 Å². The van der Waals surface area contributed by atoms with Crippen LogP contribution in [-0.2, 0) is 11.3 Å². The summed E-state index contributed by atoms with van der Waals surface area (Å²) >= 11 is 0. The molecule has 0 amide bonds. The Hall–Kier alpha value is -1.40. The molecule has 96 valence electrons. The van der Waals surface area contributed by atoms with Crippen LogP contribution in [0.5, 0.6) is 0 Å². The first-order valence-electron chi connectivity index (χ1n) is 5.48. The van der Waals surface area contributed by atoms with E-state index in [4.69, 9.17) is 15.6 Å². The van der Waals surface area contributed by atoms with Gasteiger partial charge in [0.1, 0.15) is 18.2 Å². The van der Waals surface area contributed by atoms with Gasteiger partial charge in [-0.05, 0) is 20.3 Å². The Balaban J connectivity index is 2.83. The van der Waals surface area contributed by atoms with Crippen molar-refractivity contribution in [1.82, 2.24) is 9.97 Å². The van der Waals surface area contributed by atoms with Crippen molar-refractivity contribution in [1.29, 1.82) is 0 Å². The molecule has 0 aliphatic carbocycles. The van der Waals surface area contributed by atoms with Gasteiger partial charge >= 0.3 is 0 Å². The number of nitrogens with two attached hydrogens (primary N) is 1. The second-order valence-corrected chi connectivity index (χ2v) is 4.51. The number of rotatable bonds is 6. The van der Waals surface area contributed by atoms with Crippen molar-refractivity contribution >= 4 is 11.6 Å². The molecule has 0 unspecified atom stereocenters. The lowest BCUT2D eigenvalue weighted by atomic mass is 10.0. The van der Waals surface area contributed by atoms with Crippen molar-refractivity contribution in [3.8, 4) is 0 Å². The number of hydrogen-bond acceptors (Lipinski definition) is 6. The number of aliphatic hydroxyl groups excluding tert-OH is 1. The van der Waals surface area contributed by atoms with Gasteiger partial charge in [0.2, 0.25) is 0 Å². The van der Waals surface area contributed by atoms with Gasteiger partial charge < -0.3 is 20.9 Å². The molecule has 4 N–H and O–H groups in total. The third-order valence-corrected chi connectivity index (χ3v) is 2.27. The second-order valence-electron chi connectivity index (χ2n) is 4.51. The van der Waals surface area contributed by atoms with Gasteiger partial charge in [-0.2, -0.15) is 0 Å². The monoisotopic (exact) mass is 240 g/mol. The summed E-state index contributed by atoms with van der Waals surface area (Å²) in [6, 6.07) is 1.66. The molecule has 0 radical (unpaired) electrons. The van der Waals surface area contributed by atoms with Crippen LogP contribution in [0.4, 0.5) is 11.6 Å². The highest BCUT2D eigenvalue weighted by molar-refractivity contribution is 5.46. The summed E-state index contributed by atoms with van der Waals surface area (Å²) in [4.78, 5) is 8.33. The first kappa shape index (κ1) is 13.7. The van der Waals surface area contributed by atoms with E-state index in [1.165, 1.54) is 0 Å². The summed E-state index contributed by atoms with van der Waals surface area (Å²) in [5.41, 5.74) is 5.44. The number of aliphatic hydroxyl groups is 1. The predicted molar refractivity (Wildman–Crippen MR) is 66.6 cm³/mol. The van der Waals surface area contributed by atoms with Crippen molar-refractivity contribution in [3.63, 3.8) is 0 Å². The Kier molecular flexibility index (Phi) is 4.65. The Morgan fingerprint density at radius 1 is 1.47 bits per heavy atom. The van der Waals surface area contributed by atoms with Crippen LogP contribution in [0.25, 0.3) is 0 Å². The quantitative estimate of drug-likeness (QED) is 0.680. The number of hydrogen-bond donors (Lipinski definition) is 3. The van der Waals surface area contributed by atoms with Crippen LogP contribution in [0.2, 0.25) is 0 Å². The third-order valence-electron chi connectivity index (χ3n) is 2.27.